The minimum absolute atomic E-state index is 0.368. The van der Waals surface area contributed by atoms with Crippen LogP contribution >= 0.6 is 11.3 Å². The molecule has 2 aromatic rings. The van der Waals surface area contributed by atoms with Gasteiger partial charge in [0, 0.05) is 15.3 Å². The fourth-order valence-electron chi connectivity index (χ4n) is 1.82. The Kier molecular flexibility index (Phi) is 4.56. The van der Waals surface area contributed by atoms with Gasteiger partial charge >= 0.3 is 0 Å². The summed E-state index contributed by atoms with van der Waals surface area (Å²) in [7, 11) is 0. The zero-order chi connectivity index (χ0) is 13.8. The maximum Gasteiger partial charge on any atom is 0.125 e. The molecule has 4 heteroatoms. The minimum atomic E-state index is -0.750. The van der Waals surface area contributed by atoms with Crippen molar-refractivity contribution in [2.75, 3.05) is 0 Å². The highest BCUT2D eigenvalue weighted by molar-refractivity contribution is 7.11. The van der Waals surface area contributed by atoms with Crippen molar-refractivity contribution in [3.63, 3.8) is 0 Å². The van der Waals surface area contributed by atoms with Gasteiger partial charge in [0.15, 0.2) is 0 Å². The van der Waals surface area contributed by atoms with Crippen LogP contribution in [-0.2, 0) is 13.0 Å². The van der Waals surface area contributed by atoms with Gasteiger partial charge in [-0.05, 0) is 43.7 Å². The first-order valence-corrected chi connectivity index (χ1v) is 7.09. The van der Waals surface area contributed by atoms with Gasteiger partial charge in [0.25, 0.3) is 0 Å². The number of halogens is 1. The molecule has 0 spiro atoms. The molecule has 102 valence electrons. The van der Waals surface area contributed by atoms with Gasteiger partial charge in [-0.1, -0.05) is 6.92 Å². The second kappa shape index (κ2) is 6.17. The Labute approximate surface area is 116 Å². The maximum absolute atomic E-state index is 13.2. The molecule has 0 unspecified atom stereocenters. The Morgan fingerprint density at radius 2 is 2.00 bits per heavy atom. The molecule has 1 atom stereocenters. The monoisotopic (exact) mass is 280 g/mol. The van der Waals surface area contributed by atoms with Gasteiger partial charge in [-0.3, -0.25) is 0 Å². The third-order valence-electron chi connectivity index (χ3n) is 2.86. The Balaban J connectivity index is 2.10. The first-order chi connectivity index (χ1) is 9.10. The van der Waals surface area contributed by atoms with E-state index in [0.29, 0.717) is 17.9 Å². The third kappa shape index (κ3) is 3.55. The highest BCUT2D eigenvalue weighted by Crippen LogP contribution is 2.27. The van der Waals surface area contributed by atoms with Crippen LogP contribution < -0.4 is 4.74 Å². The summed E-state index contributed by atoms with van der Waals surface area (Å²) in [6, 6.07) is 8.34. The van der Waals surface area contributed by atoms with Crippen molar-refractivity contribution in [1.82, 2.24) is 0 Å². The average Bonchev–Trinajstić information content (AvgIpc) is 2.85. The van der Waals surface area contributed by atoms with Gasteiger partial charge < -0.3 is 9.84 Å². The van der Waals surface area contributed by atoms with E-state index in [4.69, 9.17) is 4.74 Å². The molecule has 1 aromatic heterocycles. The number of aliphatic hydroxyl groups excluding tert-OH is 1. The SMILES string of the molecule is CCc1ccc(COc2ccc(F)cc2[C@@H](C)O)s1. The second-order valence-electron chi connectivity index (χ2n) is 4.37. The Hall–Kier alpha value is -1.39. The standard InChI is InChI=1S/C15H17FO2S/c1-3-12-5-6-13(19-12)9-18-15-7-4-11(16)8-14(15)10(2)17/h4-8,10,17H,3,9H2,1-2H3/t10-/m1/s1. The summed E-state index contributed by atoms with van der Waals surface area (Å²) in [5, 5.41) is 9.62. The number of hydrogen-bond acceptors (Lipinski definition) is 3. The summed E-state index contributed by atoms with van der Waals surface area (Å²) in [6.07, 6.45) is 0.264. The normalized spacial score (nSPS) is 12.4. The van der Waals surface area contributed by atoms with Crippen molar-refractivity contribution in [1.29, 1.82) is 0 Å². The lowest BCUT2D eigenvalue weighted by Gasteiger charge is -2.13. The first kappa shape index (κ1) is 14.0. The van der Waals surface area contributed by atoms with Crippen LogP contribution in [0, 0.1) is 5.82 Å². The molecular weight excluding hydrogens is 263 g/mol. The average molecular weight is 280 g/mol. The van der Waals surface area contributed by atoms with Crippen LogP contribution in [0.3, 0.4) is 0 Å². The molecule has 0 aliphatic carbocycles. The summed E-state index contributed by atoms with van der Waals surface area (Å²) in [6.45, 7) is 4.15. The zero-order valence-electron chi connectivity index (χ0n) is 11.0. The van der Waals surface area contributed by atoms with Gasteiger partial charge in [0.2, 0.25) is 0 Å². The van der Waals surface area contributed by atoms with E-state index in [1.165, 1.54) is 17.0 Å². The van der Waals surface area contributed by atoms with E-state index in [0.717, 1.165) is 11.3 Å². The van der Waals surface area contributed by atoms with Gasteiger partial charge in [0.05, 0.1) is 6.10 Å². The number of hydrogen-bond donors (Lipinski definition) is 1. The van der Waals surface area contributed by atoms with Gasteiger partial charge in [0.1, 0.15) is 18.2 Å². The molecule has 0 bridgehead atoms. The molecule has 0 saturated heterocycles. The molecule has 2 rings (SSSR count). The summed E-state index contributed by atoms with van der Waals surface area (Å²) >= 11 is 1.71. The number of ether oxygens (including phenoxy) is 1. The van der Waals surface area contributed by atoms with E-state index in [2.05, 4.69) is 13.0 Å². The first-order valence-electron chi connectivity index (χ1n) is 6.28. The van der Waals surface area contributed by atoms with Crippen LogP contribution in [0.1, 0.15) is 35.3 Å². The predicted octanol–water partition coefficient (Wildman–Crippen LogP) is 4.08. The fourth-order valence-corrected chi connectivity index (χ4v) is 2.69. The van der Waals surface area contributed by atoms with Crippen molar-refractivity contribution in [2.45, 2.75) is 33.0 Å². The topological polar surface area (TPSA) is 29.5 Å². The highest BCUT2D eigenvalue weighted by Gasteiger charge is 2.11. The molecule has 0 aliphatic rings. The Bertz CT molecular complexity index is 549. The van der Waals surface area contributed by atoms with Crippen LogP contribution in [-0.4, -0.2) is 5.11 Å². The van der Waals surface area contributed by atoms with E-state index in [1.54, 1.807) is 24.3 Å². The number of thiophene rings is 1. The second-order valence-corrected chi connectivity index (χ2v) is 5.62. The van der Waals surface area contributed by atoms with Crippen molar-refractivity contribution < 1.29 is 14.2 Å². The Morgan fingerprint density at radius 1 is 1.26 bits per heavy atom. The molecule has 1 aromatic carbocycles. The maximum atomic E-state index is 13.2. The van der Waals surface area contributed by atoms with Crippen LogP contribution in [0.2, 0.25) is 0 Å². The fraction of sp³-hybridized carbons (Fsp3) is 0.333. The van der Waals surface area contributed by atoms with E-state index in [-0.39, 0.29) is 5.82 Å². The van der Waals surface area contributed by atoms with E-state index in [1.807, 2.05) is 6.07 Å². The van der Waals surface area contributed by atoms with Crippen LogP contribution in [0.25, 0.3) is 0 Å². The minimum Gasteiger partial charge on any atom is -0.488 e. The molecular formula is C15H17FO2S. The highest BCUT2D eigenvalue weighted by atomic mass is 32.1. The molecule has 2 nitrogen and oxygen atoms in total. The molecule has 0 radical (unpaired) electrons. The van der Waals surface area contributed by atoms with Crippen LogP contribution in [0.15, 0.2) is 30.3 Å². The van der Waals surface area contributed by atoms with Gasteiger partial charge in [-0.15, -0.1) is 11.3 Å². The lowest BCUT2D eigenvalue weighted by Crippen LogP contribution is -2.00. The molecule has 0 amide bonds. The predicted molar refractivity (Wildman–Crippen MR) is 75.1 cm³/mol. The van der Waals surface area contributed by atoms with E-state index < -0.39 is 6.10 Å². The summed E-state index contributed by atoms with van der Waals surface area (Å²) in [5.74, 6) is 0.162. The van der Waals surface area contributed by atoms with Crippen molar-refractivity contribution in [2.24, 2.45) is 0 Å². The molecule has 1 N–H and O–H groups in total. The summed E-state index contributed by atoms with van der Waals surface area (Å²) in [5.41, 5.74) is 0.479. The van der Waals surface area contributed by atoms with Crippen LogP contribution in [0.4, 0.5) is 4.39 Å². The number of aliphatic hydroxyl groups is 1. The summed E-state index contributed by atoms with van der Waals surface area (Å²) in [4.78, 5) is 2.44. The Morgan fingerprint density at radius 3 is 2.63 bits per heavy atom. The number of rotatable bonds is 5. The molecule has 0 fully saturated rings. The summed E-state index contributed by atoms with van der Waals surface area (Å²) < 4.78 is 18.8. The molecule has 0 saturated carbocycles. The van der Waals surface area contributed by atoms with Crippen molar-refractivity contribution in [3.05, 3.63) is 51.5 Å². The van der Waals surface area contributed by atoms with E-state index in [9.17, 15) is 9.50 Å². The number of aryl methyl sites for hydroxylation is 1. The molecule has 1 heterocycles. The molecule has 19 heavy (non-hydrogen) atoms. The lowest BCUT2D eigenvalue weighted by molar-refractivity contribution is 0.189. The third-order valence-corrected chi connectivity index (χ3v) is 4.06. The van der Waals surface area contributed by atoms with Gasteiger partial charge in [-0.2, -0.15) is 0 Å². The molecule has 0 aliphatic heterocycles. The van der Waals surface area contributed by atoms with Crippen molar-refractivity contribution in [3.8, 4) is 5.75 Å². The number of benzene rings is 1. The quantitative estimate of drug-likeness (QED) is 0.894. The van der Waals surface area contributed by atoms with Crippen LogP contribution in [0.5, 0.6) is 5.75 Å². The van der Waals surface area contributed by atoms with E-state index >= 15 is 0 Å². The smallest absolute Gasteiger partial charge is 0.125 e. The zero-order valence-corrected chi connectivity index (χ0v) is 11.8. The van der Waals surface area contributed by atoms with Gasteiger partial charge in [-0.25, -0.2) is 4.39 Å². The lowest BCUT2D eigenvalue weighted by atomic mass is 10.1. The largest absolute Gasteiger partial charge is 0.488 e. The van der Waals surface area contributed by atoms with Crippen molar-refractivity contribution >= 4 is 11.3 Å².